The van der Waals surface area contributed by atoms with E-state index in [9.17, 15) is 0 Å². The van der Waals surface area contributed by atoms with Crippen molar-refractivity contribution in [3.8, 4) is 11.5 Å². The van der Waals surface area contributed by atoms with Crippen molar-refractivity contribution >= 4 is 0 Å². The molecule has 1 aliphatic rings. The Kier molecular flexibility index (Phi) is 6.37. The average Bonchev–Trinajstić information content (AvgIpc) is 2.77. The number of methoxy groups -OCH3 is 2. The molecule has 3 nitrogen and oxygen atoms in total. The Morgan fingerprint density at radius 2 is 1.71 bits per heavy atom. The van der Waals surface area contributed by atoms with Crippen LogP contribution in [0.4, 0.5) is 0 Å². The highest BCUT2D eigenvalue weighted by atomic mass is 16.5. The molecular weight excluding hydrogens is 262 g/mol. The first kappa shape index (κ1) is 16.2. The van der Waals surface area contributed by atoms with Crippen molar-refractivity contribution in [1.82, 2.24) is 5.32 Å². The zero-order valence-corrected chi connectivity index (χ0v) is 13.7. The van der Waals surface area contributed by atoms with E-state index in [4.69, 9.17) is 9.47 Å². The van der Waals surface area contributed by atoms with Gasteiger partial charge in [-0.05, 0) is 49.9 Å². The molecule has 3 heteroatoms. The highest BCUT2D eigenvalue weighted by Gasteiger charge is 2.29. The summed E-state index contributed by atoms with van der Waals surface area (Å²) in [6.07, 6.45) is 6.50. The number of hydrogen-bond donors (Lipinski definition) is 1. The van der Waals surface area contributed by atoms with Crippen LogP contribution in [0.1, 0.15) is 50.5 Å². The van der Waals surface area contributed by atoms with Gasteiger partial charge < -0.3 is 14.8 Å². The summed E-state index contributed by atoms with van der Waals surface area (Å²) in [4.78, 5) is 0. The van der Waals surface area contributed by atoms with E-state index in [1.807, 2.05) is 6.07 Å². The van der Waals surface area contributed by atoms with Crippen LogP contribution in [0.5, 0.6) is 11.5 Å². The van der Waals surface area contributed by atoms with Crippen molar-refractivity contribution in [2.24, 2.45) is 5.92 Å². The lowest BCUT2D eigenvalue weighted by Crippen LogP contribution is -2.27. The molecule has 0 amide bonds. The molecule has 1 aliphatic carbocycles. The summed E-state index contributed by atoms with van der Waals surface area (Å²) >= 11 is 0. The van der Waals surface area contributed by atoms with Gasteiger partial charge >= 0.3 is 0 Å². The second-order valence-electron chi connectivity index (χ2n) is 5.89. The molecule has 2 unspecified atom stereocenters. The van der Waals surface area contributed by atoms with Gasteiger partial charge in [-0.25, -0.2) is 0 Å². The molecule has 0 bridgehead atoms. The number of rotatable bonds is 6. The van der Waals surface area contributed by atoms with Crippen molar-refractivity contribution in [2.75, 3.05) is 27.3 Å². The van der Waals surface area contributed by atoms with Gasteiger partial charge in [0.05, 0.1) is 14.2 Å². The predicted octanol–water partition coefficient (Wildman–Crippen LogP) is 3.98. The molecule has 0 spiro atoms. The third-order valence-corrected chi connectivity index (χ3v) is 4.65. The largest absolute Gasteiger partial charge is 0.496 e. The topological polar surface area (TPSA) is 30.5 Å². The smallest absolute Gasteiger partial charge is 0.126 e. The third kappa shape index (κ3) is 3.91. The van der Waals surface area contributed by atoms with Crippen LogP contribution >= 0.6 is 0 Å². The van der Waals surface area contributed by atoms with Crippen LogP contribution in [-0.4, -0.2) is 27.3 Å². The second kappa shape index (κ2) is 8.28. The van der Waals surface area contributed by atoms with Gasteiger partial charge in [0.25, 0.3) is 0 Å². The molecule has 1 saturated carbocycles. The normalized spacial score (nSPS) is 22.6. The standard InChI is InChI=1S/C18H29NO2/c1-4-19-13-14-9-6-5-7-10-15(14)18-16(20-2)11-8-12-17(18)21-3/h8,11-12,14-15,19H,4-7,9-10,13H2,1-3H3. The zero-order chi connectivity index (χ0) is 15.1. The summed E-state index contributed by atoms with van der Waals surface area (Å²) in [7, 11) is 3.52. The van der Waals surface area contributed by atoms with E-state index < -0.39 is 0 Å². The summed E-state index contributed by atoms with van der Waals surface area (Å²) in [6, 6.07) is 6.14. The molecule has 2 atom stereocenters. The van der Waals surface area contributed by atoms with Gasteiger partial charge in [0, 0.05) is 5.56 Å². The lowest BCUT2D eigenvalue weighted by Gasteiger charge is -2.28. The van der Waals surface area contributed by atoms with Gasteiger partial charge in [0.15, 0.2) is 0 Å². The Labute approximate surface area is 129 Å². The van der Waals surface area contributed by atoms with Crippen LogP contribution in [0.3, 0.4) is 0 Å². The van der Waals surface area contributed by atoms with Crippen molar-refractivity contribution < 1.29 is 9.47 Å². The molecule has 1 fully saturated rings. The number of nitrogens with one attached hydrogen (secondary N) is 1. The molecule has 2 rings (SSSR count). The highest BCUT2D eigenvalue weighted by Crippen LogP contribution is 2.44. The Hall–Kier alpha value is -1.22. The Balaban J connectivity index is 2.34. The van der Waals surface area contributed by atoms with E-state index in [0.29, 0.717) is 11.8 Å². The maximum absolute atomic E-state index is 5.63. The first-order chi connectivity index (χ1) is 10.3. The minimum atomic E-state index is 0.526. The van der Waals surface area contributed by atoms with Crippen LogP contribution in [0.2, 0.25) is 0 Å². The van der Waals surface area contributed by atoms with E-state index in [0.717, 1.165) is 24.6 Å². The molecule has 0 saturated heterocycles. The fraction of sp³-hybridized carbons (Fsp3) is 0.667. The van der Waals surface area contributed by atoms with Gasteiger partial charge in [0.1, 0.15) is 11.5 Å². The lowest BCUT2D eigenvalue weighted by atomic mass is 9.81. The van der Waals surface area contributed by atoms with E-state index in [1.165, 1.54) is 37.7 Å². The average molecular weight is 291 g/mol. The van der Waals surface area contributed by atoms with Crippen LogP contribution < -0.4 is 14.8 Å². The van der Waals surface area contributed by atoms with Gasteiger partial charge in [-0.3, -0.25) is 0 Å². The maximum atomic E-state index is 5.63. The third-order valence-electron chi connectivity index (χ3n) is 4.65. The molecule has 0 heterocycles. The molecule has 21 heavy (non-hydrogen) atoms. The Morgan fingerprint density at radius 3 is 2.33 bits per heavy atom. The first-order valence-electron chi connectivity index (χ1n) is 8.23. The van der Waals surface area contributed by atoms with Crippen molar-refractivity contribution in [3.63, 3.8) is 0 Å². The van der Waals surface area contributed by atoms with Crippen molar-refractivity contribution in [2.45, 2.75) is 44.9 Å². The van der Waals surface area contributed by atoms with Crippen LogP contribution in [-0.2, 0) is 0 Å². The van der Waals surface area contributed by atoms with Crippen molar-refractivity contribution in [1.29, 1.82) is 0 Å². The van der Waals surface area contributed by atoms with Crippen molar-refractivity contribution in [3.05, 3.63) is 23.8 Å². The molecule has 1 N–H and O–H groups in total. The zero-order valence-electron chi connectivity index (χ0n) is 13.7. The van der Waals surface area contributed by atoms with Crippen LogP contribution in [0, 0.1) is 5.92 Å². The molecule has 1 aromatic carbocycles. The SMILES string of the molecule is CCNCC1CCCCCC1c1c(OC)cccc1OC. The minimum Gasteiger partial charge on any atom is -0.496 e. The van der Waals surface area contributed by atoms with Crippen LogP contribution in [0.25, 0.3) is 0 Å². The van der Waals surface area contributed by atoms with E-state index >= 15 is 0 Å². The summed E-state index contributed by atoms with van der Waals surface area (Å²) in [5.41, 5.74) is 1.27. The predicted molar refractivity (Wildman–Crippen MR) is 87.4 cm³/mol. The summed E-state index contributed by atoms with van der Waals surface area (Å²) in [6.45, 7) is 4.30. The van der Waals surface area contributed by atoms with E-state index in [1.54, 1.807) is 14.2 Å². The Bertz CT molecular complexity index is 411. The highest BCUT2D eigenvalue weighted by molar-refractivity contribution is 5.47. The fourth-order valence-electron chi connectivity index (χ4n) is 3.58. The number of hydrogen-bond acceptors (Lipinski definition) is 3. The lowest BCUT2D eigenvalue weighted by molar-refractivity contribution is 0.336. The van der Waals surface area contributed by atoms with E-state index in [-0.39, 0.29) is 0 Å². The molecule has 1 aromatic rings. The fourth-order valence-corrected chi connectivity index (χ4v) is 3.58. The molecular formula is C18H29NO2. The molecule has 0 aromatic heterocycles. The van der Waals surface area contributed by atoms with Gasteiger partial charge in [-0.2, -0.15) is 0 Å². The monoisotopic (exact) mass is 291 g/mol. The Morgan fingerprint density at radius 1 is 1.05 bits per heavy atom. The number of benzene rings is 1. The molecule has 118 valence electrons. The molecule has 0 aliphatic heterocycles. The first-order valence-corrected chi connectivity index (χ1v) is 8.23. The quantitative estimate of drug-likeness (QED) is 0.804. The summed E-state index contributed by atoms with van der Waals surface area (Å²) < 4.78 is 11.3. The van der Waals surface area contributed by atoms with Gasteiger partial charge in [-0.1, -0.05) is 32.3 Å². The number of ether oxygens (including phenoxy) is 2. The second-order valence-corrected chi connectivity index (χ2v) is 5.89. The van der Waals surface area contributed by atoms with Gasteiger partial charge in [-0.15, -0.1) is 0 Å². The minimum absolute atomic E-state index is 0.526. The summed E-state index contributed by atoms with van der Waals surface area (Å²) in [5.74, 6) is 3.14. The maximum Gasteiger partial charge on any atom is 0.126 e. The van der Waals surface area contributed by atoms with Crippen LogP contribution in [0.15, 0.2) is 18.2 Å². The molecule has 0 radical (unpaired) electrons. The summed E-state index contributed by atoms with van der Waals surface area (Å²) in [5, 5.41) is 3.54. The van der Waals surface area contributed by atoms with E-state index in [2.05, 4.69) is 24.4 Å². The van der Waals surface area contributed by atoms with Gasteiger partial charge in [0.2, 0.25) is 0 Å².